The van der Waals surface area contributed by atoms with Crippen molar-refractivity contribution in [3.8, 4) is 0 Å². The molecule has 0 aromatic heterocycles. The van der Waals surface area contributed by atoms with Gasteiger partial charge < -0.3 is 5.32 Å². The maximum absolute atomic E-state index is 4.01. The van der Waals surface area contributed by atoms with Gasteiger partial charge in [-0.3, -0.25) is 0 Å². The summed E-state index contributed by atoms with van der Waals surface area (Å²) in [6.07, 6.45) is 11.3. The van der Waals surface area contributed by atoms with E-state index in [1.807, 2.05) is 0 Å². The molecule has 20 heavy (non-hydrogen) atoms. The molecule has 0 aliphatic heterocycles. The number of nitrogens with one attached hydrogen (secondary N) is 1. The van der Waals surface area contributed by atoms with Gasteiger partial charge in [0, 0.05) is 12.1 Å². The van der Waals surface area contributed by atoms with E-state index in [1.165, 1.54) is 51.4 Å². The molecule has 0 heterocycles. The highest BCUT2D eigenvalue weighted by Gasteiger charge is 2.30. The first kappa shape index (κ1) is 14.1. The molecular weight excluding hydrogens is 242 g/mol. The van der Waals surface area contributed by atoms with Crippen LogP contribution >= 0.6 is 0 Å². The van der Waals surface area contributed by atoms with E-state index in [0.717, 1.165) is 11.8 Å². The number of rotatable bonds is 4. The third-order valence-corrected chi connectivity index (χ3v) is 5.58. The summed E-state index contributed by atoms with van der Waals surface area (Å²) < 4.78 is 0. The summed E-state index contributed by atoms with van der Waals surface area (Å²) in [6, 6.07) is 12.6. The fourth-order valence-electron chi connectivity index (χ4n) is 4.36. The van der Waals surface area contributed by atoms with Crippen LogP contribution in [0.25, 0.3) is 0 Å². The number of hydrogen-bond donors (Lipinski definition) is 1. The molecular formula is C19H29N. The lowest BCUT2D eigenvalue weighted by molar-refractivity contribution is 0.267. The Balaban J connectivity index is 1.66. The second-order valence-corrected chi connectivity index (χ2v) is 6.91. The first-order chi connectivity index (χ1) is 9.84. The SMILES string of the molecule is CC(NC1CCCCC1c1ccccc1)C1CCCC1. The van der Waals surface area contributed by atoms with Crippen molar-refractivity contribution >= 4 is 0 Å². The van der Waals surface area contributed by atoms with Crippen LogP contribution in [-0.2, 0) is 0 Å². The Labute approximate surface area is 124 Å². The summed E-state index contributed by atoms with van der Waals surface area (Å²) in [4.78, 5) is 0. The van der Waals surface area contributed by atoms with Gasteiger partial charge in [-0.15, -0.1) is 0 Å². The summed E-state index contributed by atoms with van der Waals surface area (Å²) >= 11 is 0. The van der Waals surface area contributed by atoms with Crippen molar-refractivity contribution in [1.29, 1.82) is 0 Å². The molecule has 1 heteroatoms. The lowest BCUT2D eigenvalue weighted by Gasteiger charge is -2.36. The van der Waals surface area contributed by atoms with Gasteiger partial charge in [0.2, 0.25) is 0 Å². The van der Waals surface area contributed by atoms with E-state index in [-0.39, 0.29) is 0 Å². The summed E-state index contributed by atoms with van der Waals surface area (Å²) in [7, 11) is 0. The highest BCUT2D eigenvalue weighted by Crippen LogP contribution is 2.35. The van der Waals surface area contributed by atoms with Crippen LogP contribution in [0.15, 0.2) is 30.3 Å². The Morgan fingerprint density at radius 3 is 2.30 bits per heavy atom. The largest absolute Gasteiger partial charge is 0.311 e. The average molecular weight is 271 g/mol. The zero-order chi connectivity index (χ0) is 13.8. The van der Waals surface area contributed by atoms with Gasteiger partial charge in [0.25, 0.3) is 0 Å². The van der Waals surface area contributed by atoms with E-state index in [1.54, 1.807) is 5.56 Å². The Morgan fingerprint density at radius 2 is 1.55 bits per heavy atom. The Bertz CT molecular complexity index is 393. The summed E-state index contributed by atoms with van der Waals surface area (Å²) in [5.74, 6) is 1.65. The van der Waals surface area contributed by atoms with E-state index in [2.05, 4.69) is 42.6 Å². The van der Waals surface area contributed by atoms with E-state index < -0.39 is 0 Å². The zero-order valence-electron chi connectivity index (χ0n) is 12.9. The lowest BCUT2D eigenvalue weighted by atomic mass is 9.79. The molecule has 0 saturated heterocycles. The van der Waals surface area contributed by atoms with Gasteiger partial charge in [-0.1, -0.05) is 56.0 Å². The van der Waals surface area contributed by atoms with Crippen LogP contribution in [0.1, 0.15) is 69.8 Å². The molecule has 2 aliphatic carbocycles. The van der Waals surface area contributed by atoms with Crippen molar-refractivity contribution in [2.24, 2.45) is 5.92 Å². The standard InChI is InChI=1S/C19H29N/c1-15(16-9-5-6-10-16)20-19-14-8-7-13-18(19)17-11-3-2-4-12-17/h2-4,11-12,15-16,18-20H,5-10,13-14H2,1H3. The smallest absolute Gasteiger partial charge is 0.0138 e. The second-order valence-electron chi connectivity index (χ2n) is 6.91. The molecule has 0 bridgehead atoms. The zero-order valence-corrected chi connectivity index (χ0v) is 12.9. The minimum absolute atomic E-state index is 0.696. The molecule has 1 aromatic rings. The fourth-order valence-corrected chi connectivity index (χ4v) is 4.36. The molecule has 2 aliphatic rings. The van der Waals surface area contributed by atoms with E-state index in [9.17, 15) is 0 Å². The molecule has 110 valence electrons. The molecule has 1 aromatic carbocycles. The molecule has 1 nitrogen and oxygen atoms in total. The summed E-state index contributed by atoms with van der Waals surface area (Å²) in [6.45, 7) is 2.42. The van der Waals surface area contributed by atoms with Crippen molar-refractivity contribution in [1.82, 2.24) is 5.32 Å². The number of benzene rings is 1. The van der Waals surface area contributed by atoms with Crippen molar-refractivity contribution in [2.75, 3.05) is 0 Å². The Hall–Kier alpha value is -0.820. The van der Waals surface area contributed by atoms with Gasteiger partial charge in [-0.2, -0.15) is 0 Å². The maximum Gasteiger partial charge on any atom is 0.0138 e. The highest BCUT2D eigenvalue weighted by molar-refractivity contribution is 5.22. The topological polar surface area (TPSA) is 12.0 Å². The molecule has 1 N–H and O–H groups in total. The molecule has 3 unspecified atom stereocenters. The van der Waals surface area contributed by atoms with Crippen LogP contribution in [0, 0.1) is 5.92 Å². The van der Waals surface area contributed by atoms with Gasteiger partial charge in [0.1, 0.15) is 0 Å². The van der Waals surface area contributed by atoms with Gasteiger partial charge in [-0.25, -0.2) is 0 Å². The minimum atomic E-state index is 0.696. The predicted octanol–water partition coefficient (Wildman–Crippen LogP) is 4.88. The Kier molecular flexibility index (Phi) is 4.77. The minimum Gasteiger partial charge on any atom is -0.311 e. The van der Waals surface area contributed by atoms with Crippen LogP contribution in [0.5, 0.6) is 0 Å². The van der Waals surface area contributed by atoms with Crippen LogP contribution in [0.2, 0.25) is 0 Å². The van der Waals surface area contributed by atoms with Crippen molar-refractivity contribution in [3.63, 3.8) is 0 Å². The van der Waals surface area contributed by atoms with Gasteiger partial charge in [0.05, 0.1) is 0 Å². The van der Waals surface area contributed by atoms with Crippen molar-refractivity contribution in [3.05, 3.63) is 35.9 Å². The van der Waals surface area contributed by atoms with E-state index >= 15 is 0 Å². The normalized spacial score (nSPS) is 29.4. The first-order valence-corrected chi connectivity index (χ1v) is 8.65. The van der Waals surface area contributed by atoms with Crippen LogP contribution < -0.4 is 5.32 Å². The molecule has 0 amide bonds. The first-order valence-electron chi connectivity index (χ1n) is 8.65. The van der Waals surface area contributed by atoms with E-state index in [4.69, 9.17) is 0 Å². The van der Waals surface area contributed by atoms with Crippen LogP contribution in [-0.4, -0.2) is 12.1 Å². The third-order valence-electron chi connectivity index (χ3n) is 5.58. The summed E-state index contributed by atoms with van der Waals surface area (Å²) in [5, 5.41) is 4.01. The van der Waals surface area contributed by atoms with Gasteiger partial charge in [0.15, 0.2) is 0 Å². The van der Waals surface area contributed by atoms with Crippen molar-refractivity contribution < 1.29 is 0 Å². The quantitative estimate of drug-likeness (QED) is 0.823. The summed E-state index contributed by atoms with van der Waals surface area (Å²) in [5.41, 5.74) is 1.54. The highest BCUT2D eigenvalue weighted by atomic mass is 15.0. The van der Waals surface area contributed by atoms with Gasteiger partial charge in [-0.05, 0) is 50.0 Å². The second kappa shape index (κ2) is 6.76. The monoisotopic (exact) mass is 271 g/mol. The van der Waals surface area contributed by atoms with Crippen molar-refractivity contribution in [2.45, 2.75) is 76.3 Å². The molecule has 0 radical (unpaired) electrons. The molecule has 2 fully saturated rings. The molecule has 0 spiro atoms. The molecule has 3 atom stereocenters. The Morgan fingerprint density at radius 1 is 0.900 bits per heavy atom. The number of hydrogen-bond acceptors (Lipinski definition) is 1. The van der Waals surface area contributed by atoms with E-state index in [0.29, 0.717) is 12.1 Å². The maximum atomic E-state index is 4.01. The van der Waals surface area contributed by atoms with Crippen LogP contribution in [0.4, 0.5) is 0 Å². The molecule has 3 rings (SSSR count). The average Bonchev–Trinajstić information content (AvgIpc) is 3.03. The molecule has 2 saturated carbocycles. The van der Waals surface area contributed by atoms with Gasteiger partial charge >= 0.3 is 0 Å². The lowest BCUT2D eigenvalue weighted by Crippen LogP contribution is -2.44. The van der Waals surface area contributed by atoms with Crippen LogP contribution in [0.3, 0.4) is 0 Å². The fraction of sp³-hybridized carbons (Fsp3) is 0.684. The predicted molar refractivity (Wildman–Crippen MR) is 86.0 cm³/mol. The third kappa shape index (κ3) is 3.25.